The zero-order chi connectivity index (χ0) is 20.8. The number of hydrogen-bond donors (Lipinski definition) is 1. The number of rotatable bonds is 7. The second-order valence-corrected chi connectivity index (χ2v) is 7.55. The predicted molar refractivity (Wildman–Crippen MR) is 115 cm³/mol. The minimum absolute atomic E-state index is 0.0290. The van der Waals surface area contributed by atoms with Crippen molar-refractivity contribution in [3.05, 3.63) is 65.1 Å². The van der Waals surface area contributed by atoms with Crippen LogP contribution in [0.4, 0.5) is 10.5 Å². The summed E-state index contributed by atoms with van der Waals surface area (Å²) in [5.41, 5.74) is 1.32. The van der Waals surface area contributed by atoms with Crippen LogP contribution < -0.4 is 10.1 Å². The number of carbonyl (C=O) groups excluding carboxylic acids is 3. The Hall–Kier alpha value is -3.06. The molecule has 2 aromatic rings. The zero-order valence-electron chi connectivity index (χ0n) is 16.3. The highest BCUT2D eigenvalue weighted by molar-refractivity contribution is 8.18. The molecule has 3 amide bonds. The summed E-state index contributed by atoms with van der Waals surface area (Å²) in [7, 11) is 0. The van der Waals surface area contributed by atoms with Gasteiger partial charge in [0, 0.05) is 11.3 Å². The second-order valence-electron chi connectivity index (χ2n) is 6.56. The van der Waals surface area contributed by atoms with E-state index in [2.05, 4.69) is 5.32 Å². The fourth-order valence-corrected chi connectivity index (χ4v) is 3.48. The minimum Gasteiger partial charge on any atom is -0.490 e. The SMILES string of the molecule is CC[C@H](C)Oc1ccccc1/C=C1/SC(=O)N(CC(=O)Nc2ccccc2)C1=O. The number of amides is 3. The van der Waals surface area contributed by atoms with Crippen molar-refractivity contribution in [3.8, 4) is 5.75 Å². The van der Waals surface area contributed by atoms with Crippen LogP contribution in [0.15, 0.2) is 59.5 Å². The summed E-state index contributed by atoms with van der Waals surface area (Å²) < 4.78 is 5.90. The monoisotopic (exact) mass is 410 g/mol. The molecule has 0 saturated carbocycles. The molecule has 6 nitrogen and oxygen atoms in total. The topological polar surface area (TPSA) is 75.7 Å². The molecule has 1 aliphatic rings. The van der Waals surface area contributed by atoms with Crippen LogP contribution in [-0.2, 0) is 9.59 Å². The summed E-state index contributed by atoms with van der Waals surface area (Å²) in [5, 5.41) is 2.21. The van der Waals surface area contributed by atoms with E-state index in [0.29, 0.717) is 17.0 Å². The molecule has 7 heteroatoms. The van der Waals surface area contributed by atoms with Crippen molar-refractivity contribution in [3.63, 3.8) is 0 Å². The number of hydrogen-bond acceptors (Lipinski definition) is 5. The summed E-state index contributed by atoms with van der Waals surface area (Å²) in [6.45, 7) is 3.66. The van der Waals surface area contributed by atoms with E-state index < -0.39 is 17.1 Å². The number of nitrogens with zero attached hydrogens (tertiary/aromatic N) is 1. The molecule has 0 aromatic heterocycles. The molecule has 0 unspecified atom stereocenters. The van der Waals surface area contributed by atoms with Gasteiger partial charge in [-0.15, -0.1) is 0 Å². The van der Waals surface area contributed by atoms with Gasteiger partial charge in [-0.25, -0.2) is 0 Å². The lowest BCUT2D eigenvalue weighted by Crippen LogP contribution is -2.36. The molecule has 29 heavy (non-hydrogen) atoms. The average Bonchev–Trinajstić information content (AvgIpc) is 2.97. The van der Waals surface area contributed by atoms with Gasteiger partial charge >= 0.3 is 0 Å². The number of thioether (sulfide) groups is 1. The molecule has 3 rings (SSSR count). The van der Waals surface area contributed by atoms with Crippen LogP contribution in [0.1, 0.15) is 25.8 Å². The van der Waals surface area contributed by atoms with E-state index >= 15 is 0 Å². The third-order valence-electron chi connectivity index (χ3n) is 4.34. The highest BCUT2D eigenvalue weighted by Gasteiger charge is 2.36. The van der Waals surface area contributed by atoms with E-state index in [0.717, 1.165) is 23.1 Å². The molecular formula is C22H22N2O4S. The van der Waals surface area contributed by atoms with Gasteiger partial charge in [0.15, 0.2) is 0 Å². The normalized spacial score (nSPS) is 16.2. The number of imide groups is 1. The molecule has 0 spiro atoms. The molecule has 1 fully saturated rings. The van der Waals surface area contributed by atoms with Crippen LogP contribution in [0, 0.1) is 0 Å². The van der Waals surface area contributed by atoms with Crippen LogP contribution in [0.25, 0.3) is 6.08 Å². The summed E-state index contributed by atoms with van der Waals surface area (Å²) >= 11 is 0.821. The smallest absolute Gasteiger partial charge is 0.294 e. The first-order valence-electron chi connectivity index (χ1n) is 9.34. The first-order chi connectivity index (χ1) is 14.0. The van der Waals surface area contributed by atoms with Gasteiger partial charge in [0.25, 0.3) is 11.1 Å². The number of ether oxygens (including phenoxy) is 1. The first kappa shape index (κ1) is 20.7. The number of carbonyl (C=O) groups is 3. The summed E-state index contributed by atoms with van der Waals surface area (Å²) in [5.74, 6) is -0.266. The summed E-state index contributed by atoms with van der Waals surface area (Å²) in [6.07, 6.45) is 2.51. The second kappa shape index (κ2) is 9.43. The van der Waals surface area contributed by atoms with Gasteiger partial charge in [-0.1, -0.05) is 43.3 Å². The van der Waals surface area contributed by atoms with Crippen LogP contribution >= 0.6 is 11.8 Å². The van der Waals surface area contributed by atoms with E-state index in [-0.39, 0.29) is 17.6 Å². The molecule has 150 valence electrons. The Balaban J connectivity index is 1.73. The van der Waals surface area contributed by atoms with Gasteiger partial charge in [-0.2, -0.15) is 0 Å². The van der Waals surface area contributed by atoms with Crippen LogP contribution in [0.5, 0.6) is 5.75 Å². The molecule has 2 aromatic carbocycles. The molecule has 0 radical (unpaired) electrons. The van der Waals surface area contributed by atoms with Gasteiger partial charge in [0.05, 0.1) is 11.0 Å². The van der Waals surface area contributed by atoms with Crippen LogP contribution in [0.3, 0.4) is 0 Å². The van der Waals surface area contributed by atoms with Crippen molar-refractivity contribution in [1.29, 1.82) is 0 Å². The number of para-hydroxylation sites is 2. The van der Waals surface area contributed by atoms with E-state index in [1.165, 1.54) is 0 Å². The Morgan fingerprint density at radius 1 is 1.14 bits per heavy atom. The van der Waals surface area contributed by atoms with Gasteiger partial charge in [0.1, 0.15) is 12.3 Å². The number of nitrogens with one attached hydrogen (secondary N) is 1. The predicted octanol–water partition coefficient (Wildman–Crippen LogP) is 4.54. The third-order valence-corrected chi connectivity index (χ3v) is 5.25. The molecule has 1 N–H and O–H groups in total. The van der Waals surface area contributed by atoms with Crippen LogP contribution in [-0.4, -0.2) is 34.6 Å². The lowest BCUT2D eigenvalue weighted by molar-refractivity contribution is -0.127. The van der Waals surface area contributed by atoms with Crippen molar-refractivity contribution in [2.45, 2.75) is 26.4 Å². The Labute approximate surface area is 173 Å². The number of anilines is 1. The minimum atomic E-state index is -0.485. The molecule has 0 bridgehead atoms. The standard InChI is InChI=1S/C22H22N2O4S/c1-3-15(2)28-18-12-8-7-9-16(18)13-19-21(26)24(22(27)29-19)14-20(25)23-17-10-5-4-6-11-17/h4-13,15H,3,14H2,1-2H3,(H,23,25)/b19-13+/t15-/m0/s1. The Morgan fingerprint density at radius 3 is 2.55 bits per heavy atom. The quantitative estimate of drug-likeness (QED) is 0.678. The van der Waals surface area contributed by atoms with E-state index in [1.54, 1.807) is 30.3 Å². The van der Waals surface area contributed by atoms with Crippen molar-refractivity contribution in [2.75, 3.05) is 11.9 Å². The van der Waals surface area contributed by atoms with E-state index in [9.17, 15) is 14.4 Å². The van der Waals surface area contributed by atoms with E-state index in [4.69, 9.17) is 4.74 Å². The maximum Gasteiger partial charge on any atom is 0.294 e. The fraction of sp³-hybridized carbons (Fsp3) is 0.227. The van der Waals surface area contributed by atoms with Gasteiger partial charge in [0.2, 0.25) is 5.91 Å². The molecular weight excluding hydrogens is 388 g/mol. The van der Waals surface area contributed by atoms with Crippen molar-refractivity contribution in [1.82, 2.24) is 4.90 Å². The lowest BCUT2D eigenvalue weighted by Gasteiger charge is -2.15. The Bertz CT molecular complexity index is 943. The Morgan fingerprint density at radius 2 is 1.83 bits per heavy atom. The van der Waals surface area contributed by atoms with Gasteiger partial charge in [-0.05, 0) is 49.4 Å². The fourth-order valence-electron chi connectivity index (χ4n) is 2.65. The molecule has 1 heterocycles. The lowest BCUT2D eigenvalue weighted by atomic mass is 10.1. The highest BCUT2D eigenvalue weighted by Crippen LogP contribution is 2.34. The van der Waals surface area contributed by atoms with Crippen molar-refractivity contribution < 1.29 is 19.1 Å². The maximum absolute atomic E-state index is 12.7. The summed E-state index contributed by atoms with van der Waals surface area (Å²) in [4.78, 5) is 38.4. The maximum atomic E-state index is 12.7. The first-order valence-corrected chi connectivity index (χ1v) is 10.2. The number of benzene rings is 2. The largest absolute Gasteiger partial charge is 0.490 e. The zero-order valence-corrected chi connectivity index (χ0v) is 17.1. The van der Waals surface area contributed by atoms with Crippen molar-refractivity contribution in [2.24, 2.45) is 0 Å². The van der Waals surface area contributed by atoms with Gasteiger partial charge in [-0.3, -0.25) is 19.3 Å². The summed E-state index contributed by atoms with van der Waals surface area (Å²) in [6, 6.07) is 16.2. The van der Waals surface area contributed by atoms with Crippen LogP contribution in [0.2, 0.25) is 0 Å². The Kier molecular flexibility index (Phi) is 6.72. The van der Waals surface area contributed by atoms with Gasteiger partial charge < -0.3 is 10.1 Å². The third kappa shape index (κ3) is 5.26. The molecule has 1 aliphatic heterocycles. The molecule has 0 aliphatic carbocycles. The average molecular weight is 410 g/mol. The van der Waals surface area contributed by atoms with Crippen molar-refractivity contribution >= 4 is 40.6 Å². The highest BCUT2D eigenvalue weighted by atomic mass is 32.2. The molecule has 1 saturated heterocycles. The molecule has 1 atom stereocenters. The van der Waals surface area contributed by atoms with E-state index in [1.807, 2.05) is 44.2 Å².